The topological polar surface area (TPSA) is 79.2 Å². The molecule has 0 unspecified atom stereocenters. The van der Waals surface area contributed by atoms with E-state index in [0.717, 1.165) is 41.5 Å². The molecule has 0 bridgehead atoms. The van der Waals surface area contributed by atoms with Crippen molar-refractivity contribution in [1.82, 2.24) is 9.88 Å². The maximum absolute atomic E-state index is 12.7. The van der Waals surface area contributed by atoms with Crippen LogP contribution in [0, 0.1) is 12.8 Å². The largest absolute Gasteiger partial charge is 0.369 e. The monoisotopic (exact) mass is 299 g/mol. The van der Waals surface area contributed by atoms with Gasteiger partial charge in [-0.25, -0.2) is 0 Å². The predicted octanol–water partition coefficient (Wildman–Crippen LogP) is 1.86. The van der Waals surface area contributed by atoms with E-state index in [0.29, 0.717) is 13.1 Å². The molecule has 5 nitrogen and oxygen atoms in total. The second-order valence-corrected chi connectivity index (χ2v) is 6.07. The zero-order valence-corrected chi connectivity index (χ0v) is 12.8. The smallest absolute Gasteiger partial charge is 0.221 e. The van der Waals surface area contributed by atoms with Crippen LogP contribution in [0.4, 0.5) is 0 Å². The number of benzene rings is 1. The number of carbonyl (C=O) groups excluding carboxylic acids is 2. The molecule has 1 aliphatic rings. The number of aromatic amines is 1. The molecule has 0 saturated carbocycles. The molecular weight excluding hydrogens is 278 g/mol. The fraction of sp³-hybridized carbons (Fsp3) is 0.412. The number of nitrogens with two attached hydrogens (primary N) is 1. The number of aromatic nitrogens is 1. The fourth-order valence-electron chi connectivity index (χ4n) is 3.35. The molecule has 0 spiro atoms. The first-order valence-corrected chi connectivity index (χ1v) is 7.68. The van der Waals surface area contributed by atoms with Crippen LogP contribution in [0.5, 0.6) is 0 Å². The van der Waals surface area contributed by atoms with Gasteiger partial charge >= 0.3 is 0 Å². The third kappa shape index (κ3) is 2.76. The molecule has 1 fully saturated rings. The van der Waals surface area contributed by atoms with Crippen LogP contribution in [0.1, 0.15) is 28.9 Å². The highest BCUT2D eigenvalue weighted by Gasteiger charge is 2.26. The van der Waals surface area contributed by atoms with Gasteiger partial charge in [-0.15, -0.1) is 0 Å². The summed E-state index contributed by atoms with van der Waals surface area (Å²) in [7, 11) is 0. The van der Waals surface area contributed by atoms with E-state index in [9.17, 15) is 9.59 Å². The van der Waals surface area contributed by atoms with Crippen molar-refractivity contribution < 1.29 is 9.59 Å². The average Bonchev–Trinajstić information content (AvgIpc) is 2.83. The van der Waals surface area contributed by atoms with E-state index in [4.69, 9.17) is 5.73 Å². The Morgan fingerprint density at radius 1 is 1.36 bits per heavy atom. The van der Waals surface area contributed by atoms with E-state index in [1.54, 1.807) is 0 Å². The zero-order valence-electron chi connectivity index (χ0n) is 12.8. The summed E-state index contributed by atoms with van der Waals surface area (Å²) in [5.41, 5.74) is 8.04. The van der Waals surface area contributed by atoms with Crippen LogP contribution in [-0.2, 0) is 4.79 Å². The molecule has 1 amide bonds. The van der Waals surface area contributed by atoms with Gasteiger partial charge in [0, 0.05) is 28.7 Å². The minimum Gasteiger partial charge on any atom is -0.369 e. The molecule has 2 heterocycles. The summed E-state index contributed by atoms with van der Waals surface area (Å²) in [6, 6.07) is 7.84. The molecule has 22 heavy (non-hydrogen) atoms. The maximum atomic E-state index is 12.7. The normalized spacial score (nSPS) is 19.4. The number of para-hydroxylation sites is 1. The van der Waals surface area contributed by atoms with Crippen molar-refractivity contribution in [3.8, 4) is 0 Å². The number of carbonyl (C=O) groups is 2. The summed E-state index contributed by atoms with van der Waals surface area (Å²) in [5, 5.41) is 0.966. The second-order valence-electron chi connectivity index (χ2n) is 6.07. The van der Waals surface area contributed by atoms with E-state index in [1.165, 1.54) is 0 Å². The molecule has 3 rings (SSSR count). The van der Waals surface area contributed by atoms with Gasteiger partial charge in [-0.1, -0.05) is 18.2 Å². The SMILES string of the molecule is Cc1[nH]c2ccccc2c1C(=O)CN1CCC[C@H](C(N)=O)C1. The Balaban J connectivity index is 1.79. The van der Waals surface area contributed by atoms with Crippen molar-refractivity contribution in [1.29, 1.82) is 0 Å². The van der Waals surface area contributed by atoms with Crippen LogP contribution in [0.3, 0.4) is 0 Å². The first-order chi connectivity index (χ1) is 10.6. The molecule has 1 atom stereocenters. The molecule has 116 valence electrons. The van der Waals surface area contributed by atoms with Crippen LogP contribution in [0.25, 0.3) is 10.9 Å². The van der Waals surface area contributed by atoms with E-state index in [1.807, 2.05) is 36.1 Å². The number of nitrogens with zero attached hydrogens (tertiary/aromatic N) is 1. The number of aryl methyl sites for hydroxylation is 1. The molecule has 0 radical (unpaired) electrons. The van der Waals surface area contributed by atoms with Gasteiger partial charge in [0.05, 0.1) is 12.5 Å². The van der Waals surface area contributed by atoms with Crippen LogP contribution in [0.15, 0.2) is 24.3 Å². The molecule has 0 aliphatic carbocycles. The summed E-state index contributed by atoms with van der Waals surface area (Å²) >= 11 is 0. The Labute approximate surface area is 129 Å². The number of piperidine rings is 1. The highest BCUT2D eigenvalue weighted by atomic mass is 16.1. The van der Waals surface area contributed by atoms with Crippen LogP contribution >= 0.6 is 0 Å². The fourth-order valence-corrected chi connectivity index (χ4v) is 3.35. The highest BCUT2D eigenvalue weighted by Crippen LogP contribution is 2.23. The number of ketones is 1. The van der Waals surface area contributed by atoms with Gasteiger partial charge in [0.2, 0.25) is 5.91 Å². The lowest BCUT2D eigenvalue weighted by molar-refractivity contribution is -0.123. The first kappa shape index (κ1) is 14.8. The number of rotatable bonds is 4. The van der Waals surface area contributed by atoms with Crippen molar-refractivity contribution in [2.75, 3.05) is 19.6 Å². The number of hydrogen-bond acceptors (Lipinski definition) is 3. The van der Waals surface area contributed by atoms with Crippen molar-refractivity contribution in [3.63, 3.8) is 0 Å². The number of Topliss-reactive ketones (excluding diaryl/α,β-unsaturated/α-hetero) is 1. The number of hydrogen-bond donors (Lipinski definition) is 2. The molecule has 1 saturated heterocycles. The summed E-state index contributed by atoms with van der Waals surface area (Å²) in [4.78, 5) is 29.4. The molecule has 2 aromatic rings. The van der Waals surface area contributed by atoms with Gasteiger partial charge in [0.15, 0.2) is 5.78 Å². The van der Waals surface area contributed by atoms with E-state index in [-0.39, 0.29) is 17.6 Å². The second kappa shape index (κ2) is 5.93. The molecule has 1 aromatic carbocycles. The Morgan fingerprint density at radius 3 is 2.91 bits per heavy atom. The number of primary amides is 1. The predicted molar refractivity (Wildman–Crippen MR) is 85.7 cm³/mol. The van der Waals surface area contributed by atoms with Gasteiger partial charge in [-0.05, 0) is 32.4 Å². The van der Waals surface area contributed by atoms with E-state index >= 15 is 0 Å². The van der Waals surface area contributed by atoms with Crippen LogP contribution in [-0.4, -0.2) is 41.2 Å². The lowest BCUT2D eigenvalue weighted by Gasteiger charge is -2.30. The van der Waals surface area contributed by atoms with E-state index in [2.05, 4.69) is 4.98 Å². The van der Waals surface area contributed by atoms with Gasteiger partial charge in [-0.2, -0.15) is 0 Å². The summed E-state index contributed by atoms with van der Waals surface area (Å²) in [5.74, 6) is -0.300. The number of H-pyrrole nitrogens is 1. The number of likely N-dealkylation sites (tertiary alicyclic amines) is 1. The van der Waals surface area contributed by atoms with Crippen LogP contribution in [0.2, 0.25) is 0 Å². The molecule has 3 N–H and O–H groups in total. The lowest BCUT2D eigenvalue weighted by Crippen LogP contribution is -2.43. The Bertz CT molecular complexity index is 720. The van der Waals surface area contributed by atoms with E-state index < -0.39 is 0 Å². The quantitative estimate of drug-likeness (QED) is 0.846. The zero-order chi connectivity index (χ0) is 15.7. The summed E-state index contributed by atoms with van der Waals surface area (Å²) < 4.78 is 0. The van der Waals surface area contributed by atoms with Gasteiger partial charge in [0.25, 0.3) is 0 Å². The third-order valence-electron chi connectivity index (χ3n) is 4.45. The van der Waals surface area contributed by atoms with Crippen molar-refractivity contribution >= 4 is 22.6 Å². The number of amides is 1. The average molecular weight is 299 g/mol. The highest BCUT2D eigenvalue weighted by molar-refractivity contribution is 6.10. The Morgan fingerprint density at radius 2 is 2.14 bits per heavy atom. The Kier molecular flexibility index (Phi) is 3.98. The molecule has 5 heteroatoms. The number of fused-ring (bicyclic) bond motifs is 1. The third-order valence-corrected chi connectivity index (χ3v) is 4.45. The maximum Gasteiger partial charge on any atom is 0.221 e. The van der Waals surface area contributed by atoms with Gasteiger partial charge < -0.3 is 10.7 Å². The number of nitrogens with one attached hydrogen (secondary N) is 1. The van der Waals surface area contributed by atoms with Crippen LogP contribution < -0.4 is 5.73 Å². The first-order valence-electron chi connectivity index (χ1n) is 7.68. The standard InChI is InChI=1S/C17H21N3O2/c1-11-16(13-6-2-3-7-14(13)19-11)15(21)10-20-8-4-5-12(9-20)17(18)22/h2-3,6-7,12,19H,4-5,8-10H2,1H3,(H2,18,22)/t12-/m0/s1. The molecule has 1 aromatic heterocycles. The van der Waals surface area contributed by atoms with Gasteiger partial charge in [0.1, 0.15) is 0 Å². The minimum atomic E-state index is -0.263. The van der Waals surface area contributed by atoms with Crippen molar-refractivity contribution in [2.24, 2.45) is 11.7 Å². The molecule has 1 aliphatic heterocycles. The summed E-state index contributed by atoms with van der Waals surface area (Å²) in [6.07, 6.45) is 1.74. The molecular formula is C17H21N3O2. The van der Waals surface area contributed by atoms with Crippen molar-refractivity contribution in [3.05, 3.63) is 35.5 Å². The summed E-state index contributed by atoms with van der Waals surface area (Å²) in [6.45, 7) is 3.70. The lowest BCUT2D eigenvalue weighted by atomic mass is 9.96. The Hall–Kier alpha value is -2.14. The van der Waals surface area contributed by atoms with Crippen molar-refractivity contribution in [2.45, 2.75) is 19.8 Å². The van der Waals surface area contributed by atoms with Gasteiger partial charge in [-0.3, -0.25) is 14.5 Å². The minimum absolute atomic E-state index is 0.0973.